The van der Waals surface area contributed by atoms with Crippen LogP contribution in [0.4, 0.5) is 5.82 Å². The number of piperidine rings is 1. The predicted molar refractivity (Wildman–Crippen MR) is 89.8 cm³/mol. The maximum Gasteiger partial charge on any atom is 0.303 e. The molecule has 0 aromatic carbocycles. The monoisotopic (exact) mass is 316 g/mol. The lowest BCUT2D eigenvalue weighted by molar-refractivity contribution is -0.138. The molecule has 2 aromatic rings. The van der Waals surface area contributed by atoms with Gasteiger partial charge < -0.3 is 10.0 Å². The van der Waals surface area contributed by atoms with Crippen molar-refractivity contribution in [3.63, 3.8) is 0 Å². The Morgan fingerprint density at radius 2 is 2.09 bits per heavy atom. The molecule has 0 saturated carbocycles. The first-order chi connectivity index (χ1) is 10.9. The van der Waals surface area contributed by atoms with Crippen LogP contribution in [0.15, 0.2) is 12.3 Å². The van der Waals surface area contributed by atoms with E-state index in [-0.39, 0.29) is 12.3 Å². The first-order valence-electron chi connectivity index (χ1n) is 8.27. The number of rotatable bonds is 4. The molecule has 3 rings (SSSR count). The molecule has 1 fully saturated rings. The molecular formula is C17H24N4O2. The fraction of sp³-hybridized carbons (Fsp3) is 0.588. The molecule has 3 heterocycles. The molecule has 0 aliphatic carbocycles. The van der Waals surface area contributed by atoms with Gasteiger partial charge in [-0.3, -0.25) is 9.48 Å². The summed E-state index contributed by atoms with van der Waals surface area (Å²) in [6, 6.07) is 2.44. The van der Waals surface area contributed by atoms with Gasteiger partial charge in [0.05, 0.1) is 0 Å². The third-order valence-electron chi connectivity index (χ3n) is 4.63. The van der Waals surface area contributed by atoms with Gasteiger partial charge in [0.25, 0.3) is 0 Å². The van der Waals surface area contributed by atoms with Crippen molar-refractivity contribution in [3.05, 3.63) is 17.8 Å². The number of nitrogens with zero attached hydrogens (tertiary/aromatic N) is 4. The predicted octanol–water partition coefficient (Wildman–Crippen LogP) is 3.01. The van der Waals surface area contributed by atoms with Crippen molar-refractivity contribution >= 4 is 22.8 Å². The molecule has 1 aliphatic rings. The van der Waals surface area contributed by atoms with Gasteiger partial charge in [0.1, 0.15) is 5.82 Å². The lowest BCUT2D eigenvalue weighted by atomic mass is 9.93. The molecule has 0 spiro atoms. The minimum Gasteiger partial charge on any atom is -0.481 e. The van der Waals surface area contributed by atoms with Crippen molar-refractivity contribution in [1.82, 2.24) is 14.8 Å². The summed E-state index contributed by atoms with van der Waals surface area (Å²) in [6.07, 6.45) is 4.15. The standard InChI is InChI=1S/C17H24N4O2/c1-11(2)21-10-14-12(3)8-15(18-17(14)19-21)20-6-4-13(5-7-20)9-16(22)23/h8,10-11,13H,4-7,9H2,1-3H3,(H,22,23). The van der Waals surface area contributed by atoms with Crippen LogP contribution in [0.5, 0.6) is 0 Å². The van der Waals surface area contributed by atoms with Gasteiger partial charge in [0.2, 0.25) is 0 Å². The number of fused-ring (bicyclic) bond motifs is 1. The summed E-state index contributed by atoms with van der Waals surface area (Å²) in [7, 11) is 0. The number of carboxylic acid groups (broad SMARTS) is 1. The molecule has 0 radical (unpaired) electrons. The molecule has 6 heteroatoms. The smallest absolute Gasteiger partial charge is 0.303 e. The number of aromatic nitrogens is 3. The van der Waals surface area contributed by atoms with Crippen molar-refractivity contribution in [2.45, 2.75) is 46.1 Å². The van der Waals surface area contributed by atoms with Gasteiger partial charge in [-0.15, -0.1) is 0 Å². The Bertz CT molecular complexity index is 715. The van der Waals surface area contributed by atoms with Gasteiger partial charge in [0, 0.05) is 37.1 Å². The van der Waals surface area contributed by atoms with Crippen LogP contribution in [0.2, 0.25) is 0 Å². The summed E-state index contributed by atoms with van der Waals surface area (Å²) in [5.74, 6) is 0.546. The summed E-state index contributed by atoms with van der Waals surface area (Å²) < 4.78 is 1.95. The average molecular weight is 316 g/mol. The lowest BCUT2D eigenvalue weighted by Gasteiger charge is -2.32. The molecule has 0 atom stereocenters. The summed E-state index contributed by atoms with van der Waals surface area (Å²) in [6.45, 7) is 8.03. The largest absolute Gasteiger partial charge is 0.481 e. The first-order valence-corrected chi connectivity index (χ1v) is 8.27. The van der Waals surface area contributed by atoms with Crippen molar-refractivity contribution < 1.29 is 9.90 Å². The van der Waals surface area contributed by atoms with Gasteiger partial charge in [-0.2, -0.15) is 5.10 Å². The van der Waals surface area contributed by atoms with E-state index >= 15 is 0 Å². The fourth-order valence-corrected chi connectivity index (χ4v) is 3.19. The molecular weight excluding hydrogens is 292 g/mol. The zero-order chi connectivity index (χ0) is 16.6. The van der Waals surface area contributed by atoms with Crippen LogP contribution in [-0.2, 0) is 4.79 Å². The number of hydrogen-bond donors (Lipinski definition) is 1. The summed E-state index contributed by atoms with van der Waals surface area (Å²) >= 11 is 0. The number of carboxylic acids is 1. The third-order valence-corrected chi connectivity index (χ3v) is 4.63. The normalized spacial score (nSPS) is 16.4. The quantitative estimate of drug-likeness (QED) is 0.939. The maximum atomic E-state index is 10.8. The van der Waals surface area contributed by atoms with E-state index in [0.717, 1.165) is 42.8 Å². The zero-order valence-corrected chi connectivity index (χ0v) is 14.0. The average Bonchev–Trinajstić information content (AvgIpc) is 2.92. The highest BCUT2D eigenvalue weighted by Gasteiger charge is 2.23. The molecule has 1 saturated heterocycles. The van der Waals surface area contributed by atoms with E-state index in [2.05, 4.69) is 43.0 Å². The summed E-state index contributed by atoms with van der Waals surface area (Å²) in [5, 5.41) is 14.6. The van der Waals surface area contributed by atoms with Gasteiger partial charge in [-0.05, 0) is 51.2 Å². The van der Waals surface area contributed by atoms with Crippen LogP contribution < -0.4 is 4.90 Å². The van der Waals surface area contributed by atoms with Crippen molar-refractivity contribution in [1.29, 1.82) is 0 Å². The Morgan fingerprint density at radius 1 is 1.39 bits per heavy atom. The highest BCUT2D eigenvalue weighted by Crippen LogP contribution is 2.27. The second-order valence-electron chi connectivity index (χ2n) is 6.77. The number of aryl methyl sites for hydroxylation is 1. The van der Waals surface area contributed by atoms with Gasteiger partial charge in [-0.1, -0.05) is 0 Å². The van der Waals surface area contributed by atoms with Crippen molar-refractivity contribution in [2.24, 2.45) is 5.92 Å². The second-order valence-corrected chi connectivity index (χ2v) is 6.77. The molecule has 23 heavy (non-hydrogen) atoms. The number of pyridine rings is 1. The van der Waals surface area contributed by atoms with Gasteiger partial charge >= 0.3 is 5.97 Å². The SMILES string of the molecule is Cc1cc(N2CCC(CC(=O)O)CC2)nc2nn(C(C)C)cc12. The van der Waals surface area contributed by atoms with Crippen LogP contribution in [0.3, 0.4) is 0 Å². The van der Waals surface area contributed by atoms with Crippen LogP contribution in [0.1, 0.15) is 44.7 Å². The Hall–Kier alpha value is -2.11. The van der Waals surface area contributed by atoms with E-state index in [4.69, 9.17) is 10.1 Å². The van der Waals surface area contributed by atoms with E-state index in [1.807, 2.05) is 4.68 Å². The van der Waals surface area contributed by atoms with E-state index in [1.54, 1.807) is 0 Å². The molecule has 0 bridgehead atoms. The fourth-order valence-electron chi connectivity index (χ4n) is 3.19. The van der Waals surface area contributed by atoms with Crippen LogP contribution >= 0.6 is 0 Å². The number of carbonyl (C=O) groups is 1. The van der Waals surface area contributed by atoms with Crippen LogP contribution in [0.25, 0.3) is 11.0 Å². The third kappa shape index (κ3) is 3.30. The van der Waals surface area contributed by atoms with Crippen LogP contribution in [-0.4, -0.2) is 38.9 Å². The summed E-state index contributed by atoms with van der Waals surface area (Å²) in [5.41, 5.74) is 1.98. The van der Waals surface area contributed by atoms with Crippen molar-refractivity contribution in [2.75, 3.05) is 18.0 Å². The van der Waals surface area contributed by atoms with Gasteiger partial charge in [0.15, 0.2) is 5.65 Å². The van der Waals surface area contributed by atoms with E-state index in [9.17, 15) is 4.79 Å². The zero-order valence-electron chi connectivity index (χ0n) is 14.0. The van der Waals surface area contributed by atoms with Crippen LogP contribution in [0, 0.1) is 12.8 Å². The molecule has 0 amide bonds. The highest BCUT2D eigenvalue weighted by molar-refractivity contribution is 5.80. The number of aliphatic carboxylic acids is 1. The second kappa shape index (κ2) is 6.18. The highest BCUT2D eigenvalue weighted by atomic mass is 16.4. The number of hydrogen-bond acceptors (Lipinski definition) is 4. The minimum absolute atomic E-state index is 0.276. The lowest BCUT2D eigenvalue weighted by Crippen LogP contribution is -2.34. The maximum absolute atomic E-state index is 10.8. The molecule has 0 unspecified atom stereocenters. The molecule has 124 valence electrons. The number of anilines is 1. The first kappa shape index (κ1) is 15.8. The Kier molecular flexibility index (Phi) is 4.24. The Morgan fingerprint density at radius 3 is 2.70 bits per heavy atom. The van der Waals surface area contributed by atoms with Crippen molar-refractivity contribution in [3.8, 4) is 0 Å². The Balaban J connectivity index is 1.80. The molecule has 6 nitrogen and oxygen atoms in total. The van der Waals surface area contributed by atoms with E-state index in [0.29, 0.717) is 6.04 Å². The topological polar surface area (TPSA) is 71.2 Å². The molecule has 1 N–H and O–H groups in total. The molecule has 1 aliphatic heterocycles. The van der Waals surface area contributed by atoms with Gasteiger partial charge in [-0.25, -0.2) is 4.98 Å². The van der Waals surface area contributed by atoms with E-state index in [1.165, 1.54) is 5.56 Å². The summed E-state index contributed by atoms with van der Waals surface area (Å²) in [4.78, 5) is 17.8. The Labute approximate surface area is 136 Å². The van der Waals surface area contributed by atoms with E-state index < -0.39 is 5.97 Å². The minimum atomic E-state index is -0.696. The molecule has 2 aromatic heterocycles.